The number of hydrogen-bond acceptors (Lipinski definition) is 4. The first-order valence-corrected chi connectivity index (χ1v) is 4.94. The van der Waals surface area contributed by atoms with Crippen LogP contribution in [0.1, 0.15) is 20.3 Å². The van der Waals surface area contributed by atoms with Crippen LogP contribution in [0.5, 0.6) is 0 Å². The molecule has 78 valence electrons. The van der Waals surface area contributed by atoms with E-state index in [2.05, 4.69) is 19.9 Å². The van der Waals surface area contributed by atoms with E-state index in [9.17, 15) is 0 Å². The third-order valence-electron chi connectivity index (χ3n) is 2.75. The molecule has 0 aromatic heterocycles. The van der Waals surface area contributed by atoms with Crippen molar-refractivity contribution in [2.24, 2.45) is 11.3 Å². The Morgan fingerprint density at radius 3 is 2.57 bits per heavy atom. The van der Waals surface area contributed by atoms with Gasteiger partial charge in [0.1, 0.15) is 0 Å². The smallest absolute Gasteiger partial charge is 0.272 e. The molecule has 3 fully saturated rings. The molecule has 0 aromatic carbocycles. The molecule has 0 amide bonds. The largest absolute Gasteiger partial charge is 0.329 e. The van der Waals surface area contributed by atoms with Crippen molar-refractivity contribution in [2.45, 2.75) is 32.8 Å². The first-order chi connectivity index (χ1) is 6.66. The molecule has 1 atom stereocenters. The highest BCUT2D eigenvalue weighted by Gasteiger charge is 2.51. The van der Waals surface area contributed by atoms with Crippen molar-refractivity contribution >= 4 is 0 Å². The van der Waals surface area contributed by atoms with Gasteiger partial charge in [0.2, 0.25) is 0 Å². The molecule has 0 aliphatic carbocycles. The van der Waals surface area contributed by atoms with Gasteiger partial charge in [0, 0.05) is 0 Å². The Hall–Kier alpha value is -0.630. The van der Waals surface area contributed by atoms with E-state index in [-0.39, 0.29) is 11.5 Å². The van der Waals surface area contributed by atoms with Crippen molar-refractivity contribution in [1.82, 2.24) is 0 Å². The average Bonchev–Trinajstić information content (AvgIpc) is 2.17. The maximum atomic E-state index is 9.01. The predicted octanol–water partition coefficient (Wildman–Crippen LogP) is 1.27. The average molecular weight is 197 g/mol. The zero-order valence-corrected chi connectivity index (χ0v) is 8.53. The lowest BCUT2D eigenvalue weighted by atomic mass is 9.76. The summed E-state index contributed by atoms with van der Waals surface area (Å²) in [6.07, 6.45) is 0.523. The van der Waals surface area contributed by atoms with E-state index in [0.29, 0.717) is 19.1 Å². The fourth-order valence-corrected chi connectivity index (χ4v) is 2.25. The zero-order chi connectivity index (χ0) is 10.2. The molecule has 3 aliphatic heterocycles. The zero-order valence-electron chi connectivity index (χ0n) is 8.53. The monoisotopic (exact) mass is 197 g/mol. The van der Waals surface area contributed by atoms with Crippen LogP contribution in [0.15, 0.2) is 0 Å². The van der Waals surface area contributed by atoms with E-state index in [4.69, 9.17) is 19.5 Å². The van der Waals surface area contributed by atoms with Gasteiger partial charge in [0.25, 0.3) is 6.48 Å². The van der Waals surface area contributed by atoms with Crippen LogP contribution in [0.2, 0.25) is 0 Å². The summed E-state index contributed by atoms with van der Waals surface area (Å²) >= 11 is 0. The maximum absolute atomic E-state index is 9.01. The van der Waals surface area contributed by atoms with Gasteiger partial charge in [0.05, 0.1) is 24.7 Å². The summed E-state index contributed by atoms with van der Waals surface area (Å²) in [5, 5.41) is 9.01. The van der Waals surface area contributed by atoms with E-state index in [1.165, 1.54) is 0 Å². The van der Waals surface area contributed by atoms with Crippen LogP contribution in [0.25, 0.3) is 0 Å². The molecule has 0 radical (unpaired) electrons. The highest BCUT2D eigenvalue weighted by atomic mass is 16.9. The summed E-state index contributed by atoms with van der Waals surface area (Å²) in [7, 11) is 0. The van der Waals surface area contributed by atoms with Crippen LogP contribution in [0.4, 0.5) is 0 Å². The Balaban J connectivity index is 2.16. The van der Waals surface area contributed by atoms with Crippen molar-refractivity contribution in [3.63, 3.8) is 0 Å². The SMILES string of the molecule is CC(C)CC12COC(OC1)OC2C#N. The Kier molecular flexibility index (Phi) is 2.48. The second-order valence-electron chi connectivity index (χ2n) is 4.52. The van der Waals surface area contributed by atoms with Crippen molar-refractivity contribution < 1.29 is 14.2 Å². The molecule has 3 rings (SSSR count). The lowest BCUT2D eigenvalue weighted by Crippen LogP contribution is -2.58. The molecule has 0 saturated carbocycles. The highest BCUT2D eigenvalue weighted by Crippen LogP contribution is 2.41. The first kappa shape index (κ1) is 9.91. The standard InChI is InChI=1S/C10H15NO3/c1-7(2)3-10-5-12-9(13-6-10)14-8(10)4-11/h7-9H,3,5-6H2,1-2H3. The van der Waals surface area contributed by atoms with E-state index in [0.717, 1.165) is 6.42 Å². The third-order valence-corrected chi connectivity index (χ3v) is 2.75. The molecule has 4 nitrogen and oxygen atoms in total. The molecule has 3 heterocycles. The van der Waals surface area contributed by atoms with Crippen LogP contribution in [0.3, 0.4) is 0 Å². The fraction of sp³-hybridized carbons (Fsp3) is 0.900. The van der Waals surface area contributed by atoms with Crippen molar-refractivity contribution in [3.05, 3.63) is 0 Å². The minimum absolute atomic E-state index is 0.252. The van der Waals surface area contributed by atoms with Crippen LogP contribution in [-0.4, -0.2) is 25.8 Å². The van der Waals surface area contributed by atoms with Crippen LogP contribution in [-0.2, 0) is 14.2 Å². The molecule has 0 N–H and O–H groups in total. The van der Waals surface area contributed by atoms with Gasteiger partial charge in [0.15, 0.2) is 6.10 Å². The maximum Gasteiger partial charge on any atom is 0.272 e. The van der Waals surface area contributed by atoms with Gasteiger partial charge in [-0.2, -0.15) is 5.26 Å². The molecule has 2 bridgehead atoms. The molecular formula is C10H15NO3. The second-order valence-corrected chi connectivity index (χ2v) is 4.52. The number of hydrogen-bond donors (Lipinski definition) is 0. The summed E-state index contributed by atoms with van der Waals surface area (Å²) in [5.74, 6) is 0.510. The minimum Gasteiger partial charge on any atom is -0.329 e. The van der Waals surface area contributed by atoms with Gasteiger partial charge in [-0.15, -0.1) is 0 Å². The molecular weight excluding hydrogens is 182 g/mol. The fourth-order valence-electron chi connectivity index (χ4n) is 2.25. The summed E-state index contributed by atoms with van der Waals surface area (Å²) in [5.41, 5.74) is -0.252. The first-order valence-electron chi connectivity index (χ1n) is 4.94. The number of rotatable bonds is 2. The minimum atomic E-state index is -0.617. The summed E-state index contributed by atoms with van der Waals surface area (Å²) in [6, 6.07) is 2.20. The Labute approximate surface area is 83.7 Å². The van der Waals surface area contributed by atoms with Gasteiger partial charge in [-0.05, 0) is 12.3 Å². The normalized spacial score (nSPS) is 41.3. The number of ether oxygens (including phenoxy) is 3. The van der Waals surface area contributed by atoms with Gasteiger partial charge < -0.3 is 14.2 Å². The van der Waals surface area contributed by atoms with Gasteiger partial charge in [-0.3, -0.25) is 0 Å². The van der Waals surface area contributed by atoms with Gasteiger partial charge >= 0.3 is 0 Å². The van der Waals surface area contributed by atoms with E-state index < -0.39 is 6.48 Å². The lowest BCUT2D eigenvalue weighted by Gasteiger charge is -2.48. The summed E-state index contributed by atoms with van der Waals surface area (Å²) < 4.78 is 16.0. The topological polar surface area (TPSA) is 51.5 Å². The van der Waals surface area contributed by atoms with E-state index >= 15 is 0 Å². The predicted molar refractivity (Wildman–Crippen MR) is 48.1 cm³/mol. The molecule has 0 aromatic rings. The Morgan fingerprint density at radius 2 is 2.07 bits per heavy atom. The molecule has 1 unspecified atom stereocenters. The van der Waals surface area contributed by atoms with Gasteiger partial charge in [-0.1, -0.05) is 13.8 Å². The van der Waals surface area contributed by atoms with E-state index in [1.807, 2.05) is 0 Å². The summed E-state index contributed by atoms with van der Waals surface area (Å²) in [4.78, 5) is 0. The quantitative estimate of drug-likeness (QED) is 0.669. The Bertz CT molecular complexity index is 251. The van der Waals surface area contributed by atoms with Crippen molar-refractivity contribution in [3.8, 4) is 6.07 Å². The van der Waals surface area contributed by atoms with Gasteiger partial charge in [-0.25, -0.2) is 0 Å². The Morgan fingerprint density at radius 1 is 1.43 bits per heavy atom. The lowest BCUT2D eigenvalue weighted by molar-refractivity contribution is -0.411. The molecule has 4 heteroatoms. The molecule has 0 spiro atoms. The van der Waals surface area contributed by atoms with E-state index in [1.54, 1.807) is 0 Å². The third kappa shape index (κ3) is 1.52. The number of nitrogens with zero attached hydrogens (tertiary/aromatic N) is 1. The molecule has 3 aliphatic rings. The van der Waals surface area contributed by atoms with Crippen LogP contribution in [0, 0.1) is 22.7 Å². The van der Waals surface area contributed by atoms with Crippen LogP contribution < -0.4 is 0 Å². The second kappa shape index (κ2) is 3.50. The van der Waals surface area contributed by atoms with Crippen LogP contribution >= 0.6 is 0 Å². The van der Waals surface area contributed by atoms with Crippen molar-refractivity contribution in [1.29, 1.82) is 5.26 Å². The number of nitriles is 1. The molecule has 14 heavy (non-hydrogen) atoms. The summed E-state index contributed by atoms with van der Waals surface area (Å²) in [6.45, 7) is 4.80. The molecule has 3 saturated heterocycles. The number of fused-ring (bicyclic) bond motifs is 3. The highest BCUT2D eigenvalue weighted by molar-refractivity contribution is 5.03. The van der Waals surface area contributed by atoms with Crippen molar-refractivity contribution in [2.75, 3.05) is 13.2 Å².